The Morgan fingerprint density at radius 1 is 1.25 bits per heavy atom. The van der Waals surface area contributed by atoms with Gasteiger partial charge in [0.15, 0.2) is 11.7 Å². The van der Waals surface area contributed by atoms with Crippen molar-refractivity contribution in [3.8, 4) is 0 Å². The van der Waals surface area contributed by atoms with E-state index >= 15 is 0 Å². The molecule has 3 rings (SSSR count). The highest BCUT2D eigenvalue weighted by atomic mass is 35.5. The Morgan fingerprint density at radius 3 is 2.50 bits per heavy atom. The molecule has 10 heteroatoms. The Hall–Kier alpha value is -1.93. The zero-order chi connectivity index (χ0) is 20.9. The van der Waals surface area contributed by atoms with E-state index in [2.05, 4.69) is 15.7 Å². The fourth-order valence-corrected chi connectivity index (χ4v) is 3.49. The van der Waals surface area contributed by atoms with Crippen LogP contribution in [0.15, 0.2) is 24.3 Å². The molecule has 0 unspecified atom stereocenters. The van der Waals surface area contributed by atoms with Gasteiger partial charge < -0.3 is 10.6 Å². The molecule has 1 aromatic carbocycles. The number of anilines is 2. The number of carbonyl (C=O) groups excluding carboxylic acids is 1. The summed E-state index contributed by atoms with van der Waals surface area (Å²) in [5, 5.41) is 10.1. The summed E-state index contributed by atoms with van der Waals surface area (Å²) in [5.74, 6) is -0.512. The summed E-state index contributed by atoms with van der Waals surface area (Å²) in [7, 11) is 0. The monoisotopic (exact) mass is 434 g/mol. The van der Waals surface area contributed by atoms with Crippen LogP contribution in [0.2, 0.25) is 10.0 Å². The number of hydrogen-bond acceptors (Lipinski definition) is 3. The summed E-state index contributed by atoms with van der Waals surface area (Å²) in [4.78, 5) is 12.5. The summed E-state index contributed by atoms with van der Waals surface area (Å²) in [5.41, 5.74) is -0.259. The quantitative estimate of drug-likeness (QED) is 0.629. The molecular weight excluding hydrogens is 416 g/mol. The molecule has 0 aliphatic carbocycles. The molecule has 2 N–H and O–H groups in total. The van der Waals surface area contributed by atoms with Crippen LogP contribution in [-0.2, 0) is 0 Å². The summed E-state index contributed by atoms with van der Waals surface area (Å²) in [6.45, 7) is 5.58. The Balaban J connectivity index is 1.92. The zero-order valence-corrected chi connectivity index (χ0v) is 16.9. The fraction of sp³-hybridized carbons (Fsp3) is 0.444. The third kappa shape index (κ3) is 4.22. The van der Waals surface area contributed by atoms with Crippen LogP contribution in [0.1, 0.15) is 43.7 Å². The van der Waals surface area contributed by atoms with Crippen LogP contribution < -0.4 is 10.6 Å². The minimum Gasteiger partial charge on any atom is -0.367 e. The van der Waals surface area contributed by atoms with E-state index in [1.165, 1.54) is 24.3 Å². The molecule has 1 aliphatic heterocycles. The summed E-state index contributed by atoms with van der Waals surface area (Å²) in [6, 6.07) is 3.57. The second-order valence-electron chi connectivity index (χ2n) is 7.79. The molecule has 0 bridgehead atoms. The van der Waals surface area contributed by atoms with Gasteiger partial charge in [-0.05, 0) is 30.0 Å². The number of hydrogen-bond donors (Lipinski definition) is 2. The normalized spacial score (nSPS) is 19.7. The minimum absolute atomic E-state index is 0.141. The van der Waals surface area contributed by atoms with Gasteiger partial charge in [-0.1, -0.05) is 44.0 Å². The molecule has 2 atom stereocenters. The Morgan fingerprint density at radius 2 is 1.93 bits per heavy atom. The van der Waals surface area contributed by atoms with E-state index in [9.17, 15) is 18.0 Å². The number of alkyl halides is 3. The summed E-state index contributed by atoms with van der Waals surface area (Å²) >= 11 is 11.8. The number of fused-ring (bicyclic) bond motifs is 1. The molecule has 28 heavy (non-hydrogen) atoms. The minimum atomic E-state index is -4.49. The average molecular weight is 435 g/mol. The molecule has 1 amide bonds. The smallest absolute Gasteiger partial charge is 0.367 e. The van der Waals surface area contributed by atoms with Crippen molar-refractivity contribution in [2.24, 2.45) is 5.41 Å². The zero-order valence-electron chi connectivity index (χ0n) is 15.4. The van der Waals surface area contributed by atoms with Gasteiger partial charge in [0.1, 0.15) is 5.82 Å². The highest BCUT2D eigenvalue weighted by Gasteiger charge is 2.48. The Kier molecular flexibility index (Phi) is 5.31. The molecule has 2 aromatic rings. The van der Waals surface area contributed by atoms with Gasteiger partial charge in [-0.2, -0.15) is 18.3 Å². The predicted octanol–water partition coefficient (Wildman–Crippen LogP) is 5.78. The second-order valence-corrected chi connectivity index (χ2v) is 8.64. The van der Waals surface area contributed by atoms with Gasteiger partial charge in [0.2, 0.25) is 0 Å². The third-order valence-electron chi connectivity index (χ3n) is 4.65. The molecule has 2 heterocycles. The third-order valence-corrected chi connectivity index (χ3v) is 5.20. The molecule has 5 nitrogen and oxygen atoms in total. The Bertz CT molecular complexity index is 905. The lowest BCUT2D eigenvalue weighted by Gasteiger charge is -2.39. The molecule has 152 valence electrons. The van der Waals surface area contributed by atoms with Gasteiger partial charge in [-0.3, -0.25) is 4.79 Å². The maximum absolute atomic E-state index is 13.6. The van der Waals surface area contributed by atoms with Gasteiger partial charge in [0.05, 0.1) is 10.7 Å². The van der Waals surface area contributed by atoms with Crippen LogP contribution >= 0.6 is 23.2 Å². The number of aromatic nitrogens is 2. The average Bonchev–Trinajstić information content (AvgIpc) is 2.98. The first-order chi connectivity index (χ1) is 12.9. The van der Waals surface area contributed by atoms with Crippen molar-refractivity contribution < 1.29 is 18.0 Å². The first-order valence-electron chi connectivity index (χ1n) is 8.55. The summed E-state index contributed by atoms with van der Waals surface area (Å²) in [6.07, 6.45) is -4.66. The van der Waals surface area contributed by atoms with Gasteiger partial charge in [0.25, 0.3) is 5.91 Å². The van der Waals surface area contributed by atoms with Crippen molar-refractivity contribution in [2.75, 3.05) is 10.6 Å². The van der Waals surface area contributed by atoms with E-state index in [-0.39, 0.29) is 28.6 Å². The molecule has 1 aliphatic rings. The number of rotatable bonds is 2. The van der Waals surface area contributed by atoms with E-state index in [0.29, 0.717) is 5.02 Å². The number of benzene rings is 1. The molecule has 0 saturated heterocycles. The van der Waals surface area contributed by atoms with E-state index in [1.54, 1.807) is 0 Å². The highest BCUT2D eigenvalue weighted by molar-refractivity contribution is 6.36. The van der Waals surface area contributed by atoms with Crippen LogP contribution in [0.25, 0.3) is 0 Å². The maximum atomic E-state index is 13.6. The first-order valence-corrected chi connectivity index (χ1v) is 9.31. The van der Waals surface area contributed by atoms with Crippen molar-refractivity contribution in [3.63, 3.8) is 0 Å². The number of halogens is 5. The number of nitrogens with one attached hydrogen (secondary N) is 2. The maximum Gasteiger partial charge on any atom is 0.410 e. The highest BCUT2D eigenvalue weighted by Crippen LogP contribution is 2.43. The van der Waals surface area contributed by atoms with E-state index < -0.39 is 29.6 Å². The SMILES string of the molecule is CC(C)(C)[C@H]1C[C@H](C(F)(F)F)n2nc(C(=O)Nc3ccc(Cl)cc3Cl)cc2N1. The lowest BCUT2D eigenvalue weighted by molar-refractivity contribution is -0.175. The molecule has 0 fully saturated rings. The molecule has 0 saturated carbocycles. The van der Waals surface area contributed by atoms with E-state index in [1.807, 2.05) is 20.8 Å². The van der Waals surface area contributed by atoms with Crippen LogP contribution in [0, 0.1) is 5.41 Å². The number of amides is 1. The largest absolute Gasteiger partial charge is 0.410 e. The van der Waals surface area contributed by atoms with E-state index in [4.69, 9.17) is 23.2 Å². The first kappa shape index (κ1) is 20.8. The standard InChI is InChI=1S/C18H19Cl2F3N4O/c1-17(2,3)13-8-14(18(21,22)23)27-15(25-13)7-12(26-27)16(28)24-11-5-4-9(19)6-10(11)20/h4-7,13-14,25H,8H2,1-3H3,(H,24,28)/t13-,14-/m1/s1. The number of nitrogens with zero attached hydrogens (tertiary/aromatic N) is 2. The van der Waals surface area contributed by atoms with Crippen molar-refractivity contribution in [1.82, 2.24) is 9.78 Å². The van der Waals surface area contributed by atoms with E-state index in [0.717, 1.165) is 4.68 Å². The van der Waals surface area contributed by atoms with Crippen molar-refractivity contribution >= 4 is 40.6 Å². The van der Waals surface area contributed by atoms with Crippen LogP contribution in [0.3, 0.4) is 0 Å². The molecule has 0 radical (unpaired) electrons. The predicted molar refractivity (Wildman–Crippen MR) is 103 cm³/mol. The topological polar surface area (TPSA) is 59.0 Å². The van der Waals surface area contributed by atoms with Crippen molar-refractivity contribution in [3.05, 3.63) is 40.0 Å². The van der Waals surface area contributed by atoms with Crippen LogP contribution in [0.5, 0.6) is 0 Å². The lowest BCUT2D eigenvalue weighted by Crippen LogP contribution is -2.44. The number of carbonyl (C=O) groups is 1. The van der Waals surface area contributed by atoms with Crippen molar-refractivity contribution in [1.29, 1.82) is 0 Å². The fourth-order valence-electron chi connectivity index (χ4n) is 3.03. The molecular formula is C18H19Cl2F3N4O. The van der Waals surface area contributed by atoms with Gasteiger partial charge in [0, 0.05) is 17.1 Å². The van der Waals surface area contributed by atoms with Crippen LogP contribution in [0.4, 0.5) is 24.7 Å². The van der Waals surface area contributed by atoms with Gasteiger partial charge in [-0.15, -0.1) is 0 Å². The van der Waals surface area contributed by atoms with Gasteiger partial charge >= 0.3 is 6.18 Å². The molecule has 0 spiro atoms. The van der Waals surface area contributed by atoms with Gasteiger partial charge in [-0.25, -0.2) is 4.68 Å². The molecule has 1 aromatic heterocycles. The van der Waals surface area contributed by atoms with Crippen molar-refractivity contribution in [2.45, 2.75) is 45.5 Å². The Labute approximate surface area is 170 Å². The van der Waals surface area contributed by atoms with Crippen LogP contribution in [-0.4, -0.2) is 27.9 Å². The lowest BCUT2D eigenvalue weighted by atomic mass is 9.82. The summed E-state index contributed by atoms with van der Waals surface area (Å²) < 4.78 is 41.7. The second kappa shape index (κ2) is 7.15.